The van der Waals surface area contributed by atoms with E-state index in [0.29, 0.717) is 13.0 Å². The summed E-state index contributed by atoms with van der Waals surface area (Å²) < 4.78 is 12.6. The molecule has 1 fully saturated rings. The van der Waals surface area contributed by atoms with Crippen LogP contribution >= 0.6 is 0 Å². The van der Waals surface area contributed by atoms with Crippen molar-refractivity contribution in [3.05, 3.63) is 41.7 Å². The van der Waals surface area contributed by atoms with Crippen molar-refractivity contribution >= 4 is 5.91 Å². The number of aryl methyl sites for hydroxylation is 2. The van der Waals surface area contributed by atoms with Crippen LogP contribution in [0.2, 0.25) is 0 Å². The lowest BCUT2D eigenvalue weighted by Gasteiger charge is -2.35. The van der Waals surface area contributed by atoms with Crippen LogP contribution in [0.3, 0.4) is 0 Å². The standard InChI is InChI=1S/C20H28N4O3/c1-16-6-8-24(21-16)9-7-20(25)23-12-10-22(11-13-23)15-17-4-5-18(26-2)14-19(17)27-3/h4-6,8,14H,7,9-13,15H2,1-3H3. The third-order valence-corrected chi connectivity index (χ3v) is 4.94. The van der Waals surface area contributed by atoms with E-state index in [1.54, 1.807) is 14.2 Å². The van der Waals surface area contributed by atoms with Crippen LogP contribution in [-0.2, 0) is 17.9 Å². The summed E-state index contributed by atoms with van der Waals surface area (Å²) in [5.74, 6) is 1.82. The van der Waals surface area contributed by atoms with Gasteiger partial charge in [-0.05, 0) is 19.1 Å². The lowest BCUT2D eigenvalue weighted by molar-refractivity contribution is -0.133. The van der Waals surface area contributed by atoms with Crippen LogP contribution in [0.1, 0.15) is 17.7 Å². The van der Waals surface area contributed by atoms with Gasteiger partial charge in [-0.3, -0.25) is 14.4 Å². The molecule has 0 spiro atoms. The number of hydrogen-bond donors (Lipinski definition) is 0. The smallest absolute Gasteiger partial charge is 0.224 e. The average Bonchev–Trinajstić information content (AvgIpc) is 3.12. The highest BCUT2D eigenvalue weighted by Gasteiger charge is 2.21. The van der Waals surface area contributed by atoms with E-state index in [-0.39, 0.29) is 5.91 Å². The van der Waals surface area contributed by atoms with Crippen molar-refractivity contribution in [2.24, 2.45) is 0 Å². The van der Waals surface area contributed by atoms with Crippen LogP contribution in [0.15, 0.2) is 30.5 Å². The van der Waals surface area contributed by atoms with Crippen LogP contribution in [0.5, 0.6) is 11.5 Å². The Hall–Kier alpha value is -2.54. The normalized spacial score (nSPS) is 15.0. The van der Waals surface area contributed by atoms with Gasteiger partial charge in [0, 0.05) is 63.5 Å². The quantitative estimate of drug-likeness (QED) is 0.743. The number of benzene rings is 1. The predicted molar refractivity (Wildman–Crippen MR) is 103 cm³/mol. The number of carbonyl (C=O) groups is 1. The van der Waals surface area contributed by atoms with Gasteiger partial charge in [0.2, 0.25) is 5.91 Å². The molecule has 0 N–H and O–H groups in total. The maximum Gasteiger partial charge on any atom is 0.224 e. The zero-order valence-corrected chi connectivity index (χ0v) is 16.4. The maximum absolute atomic E-state index is 12.4. The Labute approximate surface area is 160 Å². The summed E-state index contributed by atoms with van der Waals surface area (Å²) in [5.41, 5.74) is 2.11. The molecule has 146 valence electrons. The minimum atomic E-state index is 0.199. The van der Waals surface area contributed by atoms with Gasteiger partial charge in [0.15, 0.2) is 0 Å². The summed E-state index contributed by atoms with van der Waals surface area (Å²) in [6.07, 6.45) is 2.41. The van der Waals surface area contributed by atoms with Gasteiger partial charge in [0.05, 0.1) is 19.9 Å². The summed E-state index contributed by atoms with van der Waals surface area (Å²) in [7, 11) is 3.33. The van der Waals surface area contributed by atoms with Crippen LogP contribution < -0.4 is 9.47 Å². The van der Waals surface area contributed by atoms with Crippen molar-refractivity contribution in [2.75, 3.05) is 40.4 Å². The SMILES string of the molecule is COc1ccc(CN2CCN(C(=O)CCn3ccc(C)n3)CC2)c(OC)c1. The fraction of sp³-hybridized carbons (Fsp3) is 0.500. The number of nitrogens with zero attached hydrogens (tertiary/aromatic N) is 4. The van der Waals surface area contributed by atoms with Crippen molar-refractivity contribution in [2.45, 2.75) is 26.4 Å². The molecule has 7 nitrogen and oxygen atoms in total. The summed E-state index contributed by atoms with van der Waals surface area (Å²) in [6.45, 7) is 6.64. The minimum absolute atomic E-state index is 0.199. The number of aromatic nitrogens is 2. The van der Waals surface area contributed by atoms with Gasteiger partial charge < -0.3 is 14.4 Å². The summed E-state index contributed by atoms with van der Waals surface area (Å²) in [4.78, 5) is 16.8. The van der Waals surface area contributed by atoms with Gasteiger partial charge in [0.25, 0.3) is 0 Å². The number of piperazine rings is 1. The Balaban J connectivity index is 1.48. The van der Waals surface area contributed by atoms with Crippen molar-refractivity contribution in [1.29, 1.82) is 0 Å². The minimum Gasteiger partial charge on any atom is -0.497 e. The highest BCUT2D eigenvalue weighted by molar-refractivity contribution is 5.76. The highest BCUT2D eigenvalue weighted by atomic mass is 16.5. The van der Waals surface area contributed by atoms with Crippen molar-refractivity contribution in [3.63, 3.8) is 0 Å². The van der Waals surface area contributed by atoms with Crippen molar-refractivity contribution in [1.82, 2.24) is 19.6 Å². The summed E-state index contributed by atoms with van der Waals surface area (Å²) in [6, 6.07) is 7.86. The molecule has 2 aromatic rings. The molecule has 3 rings (SSSR count). The number of ether oxygens (including phenoxy) is 2. The van der Waals surface area contributed by atoms with Crippen LogP contribution in [0, 0.1) is 6.92 Å². The third kappa shape index (κ3) is 5.01. The first-order valence-corrected chi connectivity index (χ1v) is 9.30. The lowest BCUT2D eigenvalue weighted by Crippen LogP contribution is -2.48. The summed E-state index contributed by atoms with van der Waals surface area (Å²) >= 11 is 0. The predicted octanol–water partition coefficient (Wildman–Crippen LogP) is 1.94. The first-order chi connectivity index (χ1) is 13.1. The number of carbonyl (C=O) groups excluding carboxylic acids is 1. The fourth-order valence-corrected chi connectivity index (χ4v) is 3.33. The molecule has 1 aliphatic heterocycles. The number of hydrogen-bond acceptors (Lipinski definition) is 5. The molecule has 0 bridgehead atoms. The molecular weight excluding hydrogens is 344 g/mol. The Morgan fingerprint density at radius 3 is 2.52 bits per heavy atom. The Bertz CT molecular complexity index is 766. The molecule has 1 aliphatic rings. The lowest BCUT2D eigenvalue weighted by atomic mass is 10.1. The van der Waals surface area contributed by atoms with Gasteiger partial charge >= 0.3 is 0 Å². The molecule has 2 heterocycles. The Morgan fingerprint density at radius 1 is 1.11 bits per heavy atom. The van der Waals surface area contributed by atoms with Crippen LogP contribution in [0.25, 0.3) is 0 Å². The average molecular weight is 372 g/mol. The van der Waals surface area contributed by atoms with Gasteiger partial charge in [-0.25, -0.2) is 0 Å². The van der Waals surface area contributed by atoms with Crippen LogP contribution in [0.4, 0.5) is 0 Å². The molecule has 7 heteroatoms. The number of rotatable bonds is 7. The van der Waals surface area contributed by atoms with E-state index in [1.807, 2.05) is 47.0 Å². The fourth-order valence-electron chi connectivity index (χ4n) is 3.33. The second-order valence-corrected chi connectivity index (χ2v) is 6.80. The van der Waals surface area contributed by atoms with Gasteiger partial charge in [-0.1, -0.05) is 6.07 Å². The molecule has 0 unspecified atom stereocenters. The van der Waals surface area contributed by atoms with E-state index < -0.39 is 0 Å². The number of methoxy groups -OCH3 is 2. The second kappa shape index (κ2) is 8.90. The van der Waals surface area contributed by atoms with E-state index in [9.17, 15) is 4.79 Å². The van der Waals surface area contributed by atoms with E-state index in [0.717, 1.165) is 55.5 Å². The van der Waals surface area contributed by atoms with Gasteiger partial charge in [-0.2, -0.15) is 5.10 Å². The molecule has 0 atom stereocenters. The Morgan fingerprint density at radius 2 is 1.89 bits per heavy atom. The van der Waals surface area contributed by atoms with Crippen molar-refractivity contribution < 1.29 is 14.3 Å². The van der Waals surface area contributed by atoms with Gasteiger partial charge in [0.1, 0.15) is 11.5 Å². The highest BCUT2D eigenvalue weighted by Crippen LogP contribution is 2.26. The molecule has 1 amide bonds. The topological polar surface area (TPSA) is 59.8 Å². The zero-order chi connectivity index (χ0) is 19.2. The zero-order valence-electron chi connectivity index (χ0n) is 16.4. The third-order valence-electron chi connectivity index (χ3n) is 4.94. The molecule has 1 aromatic carbocycles. The largest absolute Gasteiger partial charge is 0.497 e. The molecule has 0 aliphatic carbocycles. The Kier molecular flexibility index (Phi) is 6.34. The van der Waals surface area contributed by atoms with Crippen LogP contribution in [-0.4, -0.2) is 65.9 Å². The number of amides is 1. The second-order valence-electron chi connectivity index (χ2n) is 6.80. The molecule has 1 saturated heterocycles. The monoisotopic (exact) mass is 372 g/mol. The molecule has 0 saturated carbocycles. The van der Waals surface area contributed by atoms with E-state index in [4.69, 9.17) is 9.47 Å². The first kappa shape index (κ1) is 19.2. The first-order valence-electron chi connectivity index (χ1n) is 9.30. The van der Waals surface area contributed by atoms with E-state index in [1.165, 1.54) is 0 Å². The summed E-state index contributed by atoms with van der Waals surface area (Å²) in [5, 5.41) is 4.33. The van der Waals surface area contributed by atoms with E-state index in [2.05, 4.69) is 10.00 Å². The molecule has 0 radical (unpaired) electrons. The van der Waals surface area contributed by atoms with Gasteiger partial charge in [-0.15, -0.1) is 0 Å². The molecule has 27 heavy (non-hydrogen) atoms. The molecule has 1 aromatic heterocycles. The van der Waals surface area contributed by atoms with E-state index >= 15 is 0 Å². The maximum atomic E-state index is 12.4. The molecular formula is C20H28N4O3. The van der Waals surface area contributed by atoms with Crippen molar-refractivity contribution in [3.8, 4) is 11.5 Å².